The van der Waals surface area contributed by atoms with Crippen LogP contribution in [0.5, 0.6) is 0 Å². The topological polar surface area (TPSA) is 52.1 Å². The minimum atomic E-state index is -0.328. The van der Waals surface area contributed by atoms with Gasteiger partial charge in [-0.1, -0.05) is 0 Å². The number of carbonyl (C=O) groups excluding carboxylic acids is 1. The standard InChI is InChI=1S/C15H14N2O2/c1-19-15(18)10-4-5-11-12(7-10)17-14-9-3-2-8(6-9)13(14)16-11/h4-5,7-9H,2-3,6H2,1H3/t8-,9+/m0/s1. The fourth-order valence-corrected chi connectivity index (χ4v) is 3.41. The van der Waals surface area contributed by atoms with Crippen LogP contribution in [0.4, 0.5) is 0 Å². The molecule has 19 heavy (non-hydrogen) atoms. The number of methoxy groups -OCH3 is 1. The number of ether oxygens (including phenoxy) is 1. The summed E-state index contributed by atoms with van der Waals surface area (Å²) in [4.78, 5) is 21.0. The predicted molar refractivity (Wildman–Crippen MR) is 70.2 cm³/mol. The number of benzene rings is 1. The Kier molecular flexibility index (Phi) is 2.16. The molecule has 0 saturated heterocycles. The van der Waals surface area contributed by atoms with E-state index < -0.39 is 0 Å². The smallest absolute Gasteiger partial charge is 0.337 e. The van der Waals surface area contributed by atoms with Crippen LogP contribution in [0.3, 0.4) is 0 Å². The van der Waals surface area contributed by atoms with Crippen molar-refractivity contribution in [2.24, 2.45) is 0 Å². The monoisotopic (exact) mass is 254 g/mol. The number of hydrogen-bond acceptors (Lipinski definition) is 4. The summed E-state index contributed by atoms with van der Waals surface area (Å²) in [5.41, 5.74) is 4.56. The van der Waals surface area contributed by atoms with Gasteiger partial charge in [-0.3, -0.25) is 0 Å². The van der Waals surface area contributed by atoms with E-state index >= 15 is 0 Å². The van der Waals surface area contributed by atoms with E-state index in [1.54, 1.807) is 12.1 Å². The van der Waals surface area contributed by atoms with E-state index in [2.05, 4.69) is 0 Å². The molecule has 1 saturated carbocycles. The molecule has 2 aliphatic carbocycles. The summed E-state index contributed by atoms with van der Waals surface area (Å²) < 4.78 is 4.74. The minimum Gasteiger partial charge on any atom is -0.465 e. The summed E-state index contributed by atoms with van der Waals surface area (Å²) in [6, 6.07) is 5.39. The van der Waals surface area contributed by atoms with Crippen molar-refractivity contribution in [3.63, 3.8) is 0 Å². The zero-order valence-corrected chi connectivity index (χ0v) is 10.7. The first-order valence-electron chi connectivity index (χ1n) is 6.66. The first-order valence-corrected chi connectivity index (χ1v) is 6.66. The van der Waals surface area contributed by atoms with Crippen LogP contribution in [0.25, 0.3) is 11.0 Å². The van der Waals surface area contributed by atoms with Gasteiger partial charge in [-0.25, -0.2) is 14.8 Å². The zero-order chi connectivity index (χ0) is 13.0. The Labute approximate surface area is 110 Å². The average Bonchev–Trinajstić information content (AvgIpc) is 3.05. The number of hydrogen-bond donors (Lipinski definition) is 0. The van der Waals surface area contributed by atoms with Gasteiger partial charge in [0.25, 0.3) is 0 Å². The molecule has 0 unspecified atom stereocenters. The van der Waals surface area contributed by atoms with Gasteiger partial charge in [-0.15, -0.1) is 0 Å². The Balaban J connectivity index is 1.89. The Bertz CT molecular complexity index is 696. The third-order valence-electron chi connectivity index (χ3n) is 4.35. The van der Waals surface area contributed by atoms with Crippen LogP contribution >= 0.6 is 0 Å². The lowest BCUT2D eigenvalue weighted by Crippen LogP contribution is -2.06. The predicted octanol–water partition coefficient (Wildman–Crippen LogP) is 2.78. The van der Waals surface area contributed by atoms with E-state index in [0.717, 1.165) is 16.7 Å². The molecular weight excluding hydrogens is 240 g/mol. The molecule has 4 heteroatoms. The van der Waals surface area contributed by atoms with Crippen LogP contribution < -0.4 is 0 Å². The molecule has 2 aromatic rings. The van der Waals surface area contributed by atoms with Crippen molar-refractivity contribution in [1.29, 1.82) is 0 Å². The van der Waals surface area contributed by atoms with Gasteiger partial charge in [-0.05, 0) is 37.5 Å². The van der Waals surface area contributed by atoms with Crippen LogP contribution in [-0.4, -0.2) is 23.0 Å². The summed E-state index contributed by atoms with van der Waals surface area (Å²) in [6.45, 7) is 0. The molecule has 1 fully saturated rings. The van der Waals surface area contributed by atoms with Gasteiger partial charge in [0, 0.05) is 11.8 Å². The highest BCUT2D eigenvalue weighted by molar-refractivity contribution is 5.93. The summed E-state index contributed by atoms with van der Waals surface area (Å²) in [5, 5.41) is 0. The van der Waals surface area contributed by atoms with E-state index in [1.807, 2.05) is 6.07 Å². The second kappa shape index (κ2) is 3.76. The number of rotatable bonds is 1. The fourth-order valence-electron chi connectivity index (χ4n) is 3.41. The van der Waals surface area contributed by atoms with E-state index in [9.17, 15) is 4.79 Å². The summed E-state index contributed by atoms with van der Waals surface area (Å²) >= 11 is 0. The molecule has 0 amide bonds. The maximum absolute atomic E-state index is 11.5. The lowest BCUT2D eigenvalue weighted by molar-refractivity contribution is 0.0601. The summed E-state index contributed by atoms with van der Waals surface area (Å²) in [6.07, 6.45) is 3.68. The number of esters is 1. The normalized spacial score (nSPS) is 23.6. The second-order valence-electron chi connectivity index (χ2n) is 5.40. The molecule has 4 nitrogen and oxygen atoms in total. The van der Waals surface area contributed by atoms with Crippen molar-refractivity contribution in [3.8, 4) is 0 Å². The lowest BCUT2D eigenvalue weighted by Gasteiger charge is -2.14. The molecule has 1 heterocycles. The molecule has 1 aromatic carbocycles. The second-order valence-corrected chi connectivity index (χ2v) is 5.40. The van der Waals surface area contributed by atoms with Gasteiger partial charge in [0.15, 0.2) is 0 Å². The first kappa shape index (κ1) is 10.9. The van der Waals surface area contributed by atoms with Crippen LogP contribution in [-0.2, 0) is 4.74 Å². The van der Waals surface area contributed by atoms with Crippen molar-refractivity contribution >= 4 is 17.0 Å². The van der Waals surface area contributed by atoms with Crippen LogP contribution in [0.2, 0.25) is 0 Å². The SMILES string of the molecule is COC(=O)c1ccc2nc3c(nc2c1)[C@@H]1CC[C@H]3C1. The molecule has 2 bridgehead atoms. The molecule has 0 N–H and O–H groups in total. The zero-order valence-electron chi connectivity index (χ0n) is 10.7. The van der Waals surface area contributed by atoms with Gasteiger partial charge in [0.05, 0.1) is 35.1 Å². The molecular formula is C15H14N2O2. The molecule has 2 aliphatic rings. The van der Waals surface area contributed by atoms with Crippen molar-refractivity contribution in [1.82, 2.24) is 9.97 Å². The van der Waals surface area contributed by atoms with Gasteiger partial charge in [-0.2, -0.15) is 0 Å². The van der Waals surface area contributed by atoms with Gasteiger partial charge >= 0.3 is 5.97 Å². The van der Waals surface area contributed by atoms with E-state index in [4.69, 9.17) is 14.7 Å². The van der Waals surface area contributed by atoms with Crippen LogP contribution in [0.1, 0.15) is 52.8 Å². The average molecular weight is 254 g/mol. The molecule has 0 spiro atoms. The number of fused-ring (bicyclic) bond motifs is 6. The third kappa shape index (κ3) is 1.49. The van der Waals surface area contributed by atoms with Gasteiger partial charge in [0.2, 0.25) is 0 Å². The number of nitrogens with zero attached hydrogens (tertiary/aromatic N) is 2. The number of carbonyl (C=O) groups is 1. The minimum absolute atomic E-state index is 0.328. The Morgan fingerprint density at radius 2 is 1.84 bits per heavy atom. The summed E-state index contributed by atoms with van der Waals surface area (Å²) in [5.74, 6) is 0.863. The third-order valence-corrected chi connectivity index (χ3v) is 4.35. The molecule has 0 radical (unpaired) electrons. The highest BCUT2D eigenvalue weighted by Crippen LogP contribution is 2.51. The van der Waals surface area contributed by atoms with Crippen molar-refractivity contribution < 1.29 is 9.53 Å². The van der Waals surface area contributed by atoms with Crippen molar-refractivity contribution in [2.45, 2.75) is 31.1 Å². The van der Waals surface area contributed by atoms with E-state index in [-0.39, 0.29) is 5.97 Å². The fraction of sp³-hybridized carbons (Fsp3) is 0.400. The molecule has 4 rings (SSSR count). The largest absolute Gasteiger partial charge is 0.465 e. The highest BCUT2D eigenvalue weighted by atomic mass is 16.5. The molecule has 2 atom stereocenters. The van der Waals surface area contributed by atoms with Crippen LogP contribution in [0.15, 0.2) is 18.2 Å². The number of aromatic nitrogens is 2. The first-order chi connectivity index (χ1) is 9.26. The summed E-state index contributed by atoms with van der Waals surface area (Å²) in [7, 11) is 1.39. The van der Waals surface area contributed by atoms with Gasteiger partial charge < -0.3 is 4.74 Å². The van der Waals surface area contributed by atoms with E-state index in [1.165, 1.54) is 32.1 Å². The van der Waals surface area contributed by atoms with Crippen LogP contribution in [0, 0.1) is 0 Å². The molecule has 96 valence electrons. The Hall–Kier alpha value is -1.97. The maximum Gasteiger partial charge on any atom is 0.337 e. The Morgan fingerprint density at radius 1 is 1.16 bits per heavy atom. The molecule has 1 aromatic heterocycles. The van der Waals surface area contributed by atoms with Crippen molar-refractivity contribution in [2.75, 3.05) is 7.11 Å². The molecule has 0 aliphatic heterocycles. The van der Waals surface area contributed by atoms with Gasteiger partial charge in [0.1, 0.15) is 0 Å². The van der Waals surface area contributed by atoms with E-state index in [0.29, 0.717) is 17.4 Å². The Morgan fingerprint density at radius 3 is 2.53 bits per heavy atom. The quantitative estimate of drug-likeness (QED) is 0.734. The van der Waals surface area contributed by atoms with Crippen molar-refractivity contribution in [3.05, 3.63) is 35.2 Å². The maximum atomic E-state index is 11.5. The lowest BCUT2D eigenvalue weighted by atomic mass is 10.00. The highest BCUT2D eigenvalue weighted by Gasteiger charge is 2.39.